The number of hydrogen-bond donors (Lipinski definition) is 1. The first kappa shape index (κ1) is 32.2. The molecule has 0 fully saturated rings. The van der Waals surface area contributed by atoms with Gasteiger partial charge in [-0.1, -0.05) is 60.1 Å². The van der Waals surface area contributed by atoms with Crippen LogP contribution >= 0.6 is 11.6 Å². The van der Waals surface area contributed by atoms with E-state index in [1.165, 1.54) is 10.6 Å². The summed E-state index contributed by atoms with van der Waals surface area (Å²) < 4.78 is 26.7. The third-order valence-corrected chi connectivity index (χ3v) is 8.34. The maximum Gasteiger partial charge on any atom is 0.243 e. The Morgan fingerprint density at radius 1 is 0.902 bits per heavy atom. The molecule has 0 radical (unpaired) electrons. The molecule has 0 aliphatic carbocycles. The first-order valence-electron chi connectivity index (χ1n) is 13.8. The Labute approximate surface area is 249 Å². The van der Waals surface area contributed by atoms with Crippen molar-refractivity contribution in [2.24, 2.45) is 0 Å². The van der Waals surface area contributed by atoms with Gasteiger partial charge in [-0.05, 0) is 80.6 Å². The standard InChI is InChI=1S/C32H40ClN3O4S/c1-23(2)34-32(38)30(21-26-10-7-6-8-11-26)35(22-27-14-16-28(33)17-15-27)31(37)12-9-19-36(41(5,39)40)29-18-13-24(3)25(4)20-29/h6-8,10-11,13-18,20,23,30H,9,12,19,21-22H2,1-5H3,(H,34,38). The third-order valence-electron chi connectivity index (χ3n) is 6.90. The second-order valence-corrected chi connectivity index (χ2v) is 13.1. The van der Waals surface area contributed by atoms with E-state index < -0.39 is 16.1 Å². The van der Waals surface area contributed by atoms with Crippen LogP contribution < -0.4 is 9.62 Å². The van der Waals surface area contributed by atoms with Gasteiger partial charge >= 0.3 is 0 Å². The molecule has 1 atom stereocenters. The minimum atomic E-state index is -3.57. The number of anilines is 1. The normalized spacial score (nSPS) is 12.2. The first-order chi connectivity index (χ1) is 19.3. The maximum atomic E-state index is 13.9. The van der Waals surface area contributed by atoms with Crippen LogP contribution in [0.25, 0.3) is 0 Å². The van der Waals surface area contributed by atoms with Crippen LogP contribution in [-0.4, -0.2) is 50.0 Å². The number of amides is 2. The fourth-order valence-electron chi connectivity index (χ4n) is 4.61. The Bertz CT molecular complexity index is 1430. The summed E-state index contributed by atoms with van der Waals surface area (Å²) in [6, 6.07) is 21.5. The Hall–Kier alpha value is -3.36. The van der Waals surface area contributed by atoms with E-state index in [4.69, 9.17) is 11.6 Å². The molecule has 0 saturated heterocycles. The van der Waals surface area contributed by atoms with Crippen molar-refractivity contribution in [1.82, 2.24) is 10.2 Å². The van der Waals surface area contributed by atoms with Gasteiger partial charge in [0.25, 0.3) is 0 Å². The van der Waals surface area contributed by atoms with E-state index >= 15 is 0 Å². The lowest BCUT2D eigenvalue weighted by Crippen LogP contribution is -2.51. The van der Waals surface area contributed by atoms with E-state index in [-0.39, 0.29) is 37.4 Å². The lowest BCUT2D eigenvalue weighted by Gasteiger charge is -2.32. The highest BCUT2D eigenvalue weighted by molar-refractivity contribution is 7.92. The van der Waals surface area contributed by atoms with Gasteiger partial charge in [-0.2, -0.15) is 0 Å². The average Bonchev–Trinajstić information content (AvgIpc) is 2.90. The van der Waals surface area contributed by atoms with Crippen LogP contribution in [0.5, 0.6) is 0 Å². The fourth-order valence-corrected chi connectivity index (χ4v) is 5.69. The first-order valence-corrected chi connectivity index (χ1v) is 16.0. The van der Waals surface area contributed by atoms with Gasteiger partial charge in [-0.25, -0.2) is 8.42 Å². The van der Waals surface area contributed by atoms with Gasteiger partial charge in [0.2, 0.25) is 21.8 Å². The monoisotopic (exact) mass is 597 g/mol. The van der Waals surface area contributed by atoms with E-state index in [1.807, 2.05) is 82.3 Å². The number of nitrogens with one attached hydrogen (secondary N) is 1. The van der Waals surface area contributed by atoms with Crippen LogP contribution in [0.15, 0.2) is 72.8 Å². The van der Waals surface area contributed by atoms with Crippen molar-refractivity contribution in [3.8, 4) is 0 Å². The molecule has 0 aliphatic heterocycles. The zero-order valence-corrected chi connectivity index (χ0v) is 26.0. The molecule has 3 rings (SSSR count). The molecular weight excluding hydrogens is 558 g/mol. The summed E-state index contributed by atoms with van der Waals surface area (Å²) in [5.41, 5.74) is 4.40. The van der Waals surface area contributed by atoms with Crippen molar-refractivity contribution in [2.45, 2.75) is 65.6 Å². The zero-order valence-electron chi connectivity index (χ0n) is 24.4. The molecule has 2 amide bonds. The van der Waals surface area contributed by atoms with Crippen molar-refractivity contribution >= 4 is 39.1 Å². The smallest absolute Gasteiger partial charge is 0.243 e. The summed E-state index contributed by atoms with van der Waals surface area (Å²) in [5, 5.41) is 3.56. The summed E-state index contributed by atoms with van der Waals surface area (Å²) in [5.74, 6) is -0.465. The number of benzene rings is 3. The van der Waals surface area contributed by atoms with Crippen molar-refractivity contribution in [3.05, 3.63) is 100 Å². The quantitative estimate of drug-likeness (QED) is 0.275. The predicted octanol–water partition coefficient (Wildman–Crippen LogP) is 5.67. The zero-order chi connectivity index (χ0) is 30.2. The number of aryl methyl sites for hydroxylation is 2. The largest absolute Gasteiger partial charge is 0.352 e. The molecule has 9 heteroatoms. The molecule has 220 valence electrons. The molecule has 1 N–H and O–H groups in total. The Morgan fingerprint density at radius 3 is 2.15 bits per heavy atom. The second kappa shape index (κ2) is 14.5. The highest BCUT2D eigenvalue weighted by atomic mass is 35.5. The van der Waals surface area contributed by atoms with E-state index in [2.05, 4.69) is 5.32 Å². The van der Waals surface area contributed by atoms with Gasteiger partial charge in [-0.3, -0.25) is 13.9 Å². The molecule has 1 unspecified atom stereocenters. The van der Waals surface area contributed by atoms with E-state index in [0.717, 1.165) is 22.3 Å². The van der Waals surface area contributed by atoms with Crippen LogP contribution in [-0.2, 0) is 32.6 Å². The molecule has 3 aromatic rings. The predicted molar refractivity (Wildman–Crippen MR) is 167 cm³/mol. The molecule has 7 nitrogen and oxygen atoms in total. The number of carbonyl (C=O) groups is 2. The number of halogens is 1. The highest BCUT2D eigenvalue weighted by Gasteiger charge is 2.31. The summed E-state index contributed by atoms with van der Waals surface area (Å²) in [4.78, 5) is 29.0. The van der Waals surface area contributed by atoms with E-state index in [9.17, 15) is 18.0 Å². The van der Waals surface area contributed by atoms with Gasteiger partial charge in [0.05, 0.1) is 11.9 Å². The highest BCUT2D eigenvalue weighted by Crippen LogP contribution is 2.23. The summed E-state index contributed by atoms with van der Waals surface area (Å²) >= 11 is 6.09. The molecule has 0 heterocycles. The van der Waals surface area contributed by atoms with Gasteiger partial charge in [0.1, 0.15) is 6.04 Å². The van der Waals surface area contributed by atoms with Crippen LogP contribution in [0.3, 0.4) is 0 Å². The molecule has 0 aliphatic rings. The number of hydrogen-bond acceptors (Lipinski definition) is 4. The number of carbonyl (C=O) groups excluding carboxylic acids is 2. The molecule has 0 bridgehead atoms. The maximum absolute atomic E-state index is 13.9. The van der Waals surface area contributed by atoms with Crippen molar-refractivity contribution in [1.29, 1.82) is 0 Å². The lowest BCUT2D eigenvalue weighted by molar-refractivity contribution is -0.141. The molecule has 3 aromatic carbocycles. The SMILES string of the molecule is Cc1ccc(N(CCCC(=O)N(Cc2ccc(Cl)cc2)C(Cc2ccccc2)C(=O)NC(C)C)S(C)(=O)=O)cc1C. The number of nitrogens with zero attached hydrogens (tertiary/aromatic N) is 2. The Kier molecular flexibility index (Phi) is 11.4. The summed E-state index contributed by atoms with van der Waals surface area (Å²) in [6.45, 7) is 8.03. The van der Waals surface area contributed by atoms with E-state index in [1.54, 1.807) is 23.1 Å². The fraction of sp³-hybridized carbons (Fsp3) is 0.375. The molecule has 0 aromatic heterocycles. The van der Waals surface area contributed by atoms with Crippen molar-refractivity contribution in [3.63, 3.8) is 0 Å². The topological polar surface area (TPSA) is 86.8 Å². The minimum absolute atomic E-state index is 0.0741. The number of rotatable bonds is 13. The average molecular weight is 598 g/mol. The van der Waals surface area contributed by atoms with Crippen LogP contribution in [0.2, 0.25) is 5.02 Å². The van der Waals surface area contributed by atoms with E-state index in [0.29, 0.717) is 23.6 Å². The van der Waals surface area contributed by atoms with Gasteiger partial charge in [0.15, 0.2) is 0 Å². The summed E-state index contributed by atoms with van der Waals surface area (Å²) in [7, 11) is -3.57. The Balaban J connectivity index is 1.88. The minimum Gasteiger partial charge on any atom is -0.352 e. The molecular formula is C32H40ClN3O4S. The molecule has 0 spiro atoms. The number of sulfonamides is 1. The van der Waals surface area contributed by atoms with Gasteiger partial charge < -0.3 is 10.2 Å². The Morgan fingerprint density at radius 2 is 1.56 bits per heavy atom. The third kappa shape index (κ3) is 9.61. The van der Waals surface area contributed by atoms with Gasteiger partial charge in [-0.15, -0.1) is 0 Å². The molecule has 0 saturated carbocycles. The van der Waals surface area contributed by atoms with Crippen LogP contribution in [0.1, 0.15) is 48.9 Å². The van der Waals surface area contributed by atoms with Crippen molar-refractivity contribution < 1.29 is 18.0 Å². The van der Waals surface area contributed by atoms with Crippen LogP contribution in [0, 0.1) is 13.8 Å². The second-order valence-electron chi connectivity index (χ2n) is 10.7. The lowest BCUT2D eigenvalue weighted by atomic mass is 10.0. The van der Waals surface area contributed by atoms with Crippen LogP contribution in [0.4, 0.5) is 5.69 Å². The van der Waals surface area contributed by atoms with Gasteiger partial charge in [0, 0.05) is 37.0 Å². The molecule has 41 heavy (non-hydrogen) atoms. The summed E-state index contributed by atoms with van der Waals surface area (Å²) in [6.07, 6.45) is 1.88. The van der Waals surface area contributed by atoms with Crippen molar-refractivity contribution in [2.75, 3.05) is 17.1 Å².